The van der Waals surface area contributed by atoms with Crippen molar-refractivity contribution in [3.8, 4) is 11.1 Å². The molecule has 8 aromatic rings. The minimum atomic E-state index is -0.0687. The predicted molar refractivity (Wildman–Crippen MR) is 229 cm³/mol. The van der Waals surface area contributed by atoms with E-state index in [0.717, 1.165) is 19.3 Å². The van der Waals surface area contributed by atoms with Crippen LogP contribution in [0.25, 0.3) is 74.8 Å². The Morgan fingerprint density at radius 2 is 1.35 bits per heavy atom. The Hall–Kier alpha value is -5.50. The van der Waals surface area contributed by atoms with Gasteiger partial charge in [-0.1, -0.05) is 147 Å². The number of rotatable bonds is 4. The van der Waals surface area contributed by atoms with Crippen LogP contribution in [0.5, 0.6) is 0 Å². The summed E-state index contributed by atoms with van der Waals surface area (Å²) in [5, 5.41) is 10.7. The molecule has 7 aromatic carbocycles. The molecule has 0 radical (unpaired) electrons. The van der Waals surface area contributed by atoms with E-state index in [1.807, 2.05) is 11.3 Å². The second-order valence-corrected chi connectivity index (χ2v) is 16.1. The Labute approximate surface area is 309 Å². The molecule has 0 nitrogen and oxygen atoms in total. The Kier molecular flexibility index (Phi) is 7.24. The van der Waals surface area contributed by atoms with E-state index in [4.69, 9.17) is 0 Å². The van der Waals surface area contributed by atoms with Gasteiger partial charge >= 0.3 is 0 Å². The molecule has 1 heteroatoms. The van der Waals surface area contributed by atoms with E-state index < -0.39 is 0 Å². The maximum atomic E-state index is 2.51. The monoisotopic (exact) mass is 684 g/mol. The van der Waals surface area contributed by atoms with Crippen molar-refractivity contribution in [1.82, 2.24) is 0 Å². The number of benzene rings is 7. The first-order valence-electron chi connectivity index (χ1n) is 18.7. The lowest BCUT2D eigenvalue weighted by Crippen LogP contribution is -2.14. The zero-order valence-corrected chi connectivity index (χ0v) is 30.8. The van der Waals surface area contributed by atoms with Crippen molar-refractivity contribution < 1.29 is 0 Å². The molecule has 2 aliphatic rings. The number of thiophene rings is 1. The van der Waals surface area contributed by atoms with Crippen molar-refractivity contribution in [3.63, 3.8) is 0 Å². The molecule has 1 heterocycles. The third kappa shape index (κ3) is 4.72. The van der Waals surface area contributed by atoms with Crippen LogP contribution in [0.1, 0.15) is 55.9 Å². The van der Waals surface area contributed by atoms with E-state index in [2.05, 4.69) is 172 Å². The first-order valence-corrected chi connectivity index (χ1v) is 19.5. The standard InChI is InChI=1S/C51H40S/c1-4-44-41(50-42-31-43-36-19-12-13-24-46(36)52-47(43)30-34(42)26-28-45(50)51(44,2)3)27-25-32-15-14-18-35(29-32)49-39-22-10-8-20-37(39)48(33-16-6-5-7-17-33)38-21-9-11-23-40(38)49/h4-6,8-16,18-24,26-31H,7,17,25H2,1-3H3/b41-27+,44-4+. The van der Waals surface area contributed by atoms with Gasteiger partial charge in [0.05, 0.1) is 0 Å². The van der Waals surface area contributed by atoms with Crippen LogP contribution in [0, 0.1) is 0 Å². The first kappa shape index (κ1) is 31.3. The van der Waals surface area contributed by atoms with Crippen LogP contribution in [0.2, 0.25) is 0 Å². The molecule has 0 aliphatic heterocycles. The van der Waals surface area contributed by atoms with Gasteiger partial charge in [-0.05, 0) is 127 Å². The van der Waals surface area contributed by atoms with Crippen LogP contribution < -0.4 is 0 Å². The number of fused-ring (bicyclic) bond motifs is 8. The summed E-state index contributed by atoms with van der Waals surface area (Å²) in [6.07, 6.45) is 14.7. The molecule has 0 fully saturated rings. The van der Waals surface area contributed by atoms with Crippen LogP contribution >= 0.6 is 11.3 Å². The fourth-order valence-corrected chi connectivity index (χ4v) is 10.5. The van der Waals surface area contributed by atoms with E-state index in [1.165, 1.54) is 103 Å². The highest BCUT2D eigenvalue weighted by Gasteiger charge is 2.38. The van der Waals surface area contributed by atoms with Gasteiger partial charge in [0, 0.05) is 25.6 Å². The molecule has 52 heavy (non-hydrogen) atoms. The first-order chi connectivity index (χ1) is 25.5. The van der Waals surface area contributed by atoms with Crippen LogP contribution in [0.4, 0.5) is 0 Å². The highest BCUT2D eigenvalue weighted by molar-refractivity contribution is 7.25. The van der Waals surface area contributed by atoms with Crippen LogP contribution in [0.3, 0.4) is 0 Å². The molecule has 0 saturated heterocycles. The SMILES string of the molecule is C/C=C1\C(=C/Cc2cccc(-c3c4ccccc4c(C4=CC=CCC4)c4ccccc34)c2)c2c(ccc3cc4sc5ccccc5c4cc23)C1(C)C. The third-order valence-corrected chi connectivity index (χ3v) is 12.9. The van der Waals surface area contributed by atoms with E-state index in [1.54, 1.807) is 0 Å². The van der Waals surface area contributed by atoms with Crippen molar-refractivity contribution >= 4 is 75.0 Å². The summed E-state index contributed by atoms with van der Waals surface area (Å²) in [4.78, 5) is 0. The van der Waals surface area contributed by atoms with Gasteiger partial charge in [-0.2, -0.15) is 0 Å². The number of hydrogen-bond acceptors (Lipinski definition) is 1. The van der Waals surface area contributed by atoms with Crippen LogP contribution in [0.15, 0.2) is 157 Å². The quantitative estimate of drug-likeness (QED) is 0.162. The molecule has 250 valence electrons. The lowest BCUT2D eigenvalue weighted by Gasteiger charge is -2.22. The highest BCUT2D eigenvalue weighted by atomic mass is 32.1. The zero-order chi connectivity index (χ0) is 35.0. The summed E-state index contributed by atoms with van der Waals surface area (Å²) < 4.78 is 2.72. The number of hydrogen-bond donors (Lipinski definition) is 0. The summed E-state index contributed by atoms with van der Waals surface area (Å²) in [5.41, 5.74) is 12.3. The van der Waals surface area contributed by atoms with Gasteiger partial charge in [0.1, 0.15) is 0 Å². The fourth-order valence-electron chi connectivity index (χ4n) is 9.37. The van der Waals surface area contributed by atoms with E-state index >= 15 is 0 Å². The van der Waals surface area contributed by atoms with Crippen LogP contribution in [-0.2, 0) is 11.8 Å². The largest absolute Gasteiger partial charge is 0.135 e. The lowest BCUT2D eigenvalue weighted by molar-refractivity contribution is 0.660. The Morgan fingerprint density at radius 3 is 2.06 bits per heavy atom. The Balaban J connectivity index is 1.13. The topological polar surface area (TPSA) is 0 Å². The summed E-state index contributed by atoms with van der Waals surface area (Å²) in [7, 11) is 0. The predicted octanol–water partition coefficient (Wildman–Crippen LogP) is 14.8. The third-order valence-electron chi connectivity index (χ3n) is 11.7. The van der Waals surface area contributed by atoms with Gasteiger partial charge in [-0.15, -0.1) is 11.3 Å². The van der Waals surface area contributed by atoms with E-state index in [0.29, 0.717) is 0 Å². The van der Waals surface area contributed by atoms with E-state index in [9.17, 15) is 0 Å². The second-order valence-electron chi connectivity index (χ2n) is 15.0. The summed E-state index contributed by atoms with van der Waals surface area (Å²) in [5.74, 6) is 0. The van der Waals surface area contributed by atoms with Crippen molar-refractivity contribution in [2.45, 2.75) is 45.4 Å². The molecule has 10 rings (SSSR count). The maximum Gasteiger partial charge on any atom is 0.0361 e. The zero-order valence-electron chi connectivity index (χ0n) is 30.0. The molecular weight excluding hydrogens is 645 g/mol. The average molecular weight is 685 g/mol. The van der Waals surface area contributed by atoms with Gasteiger partial charge in [0.25, 0.3) is 0 Å². The van der Waals surface area contributed by atoms with Gasteiger partial charge < -0.3 is 0 Å². The molecule has 0 amide bonds. The van der Waals surface area contributed by atoms with Gasteiger partial charge in [-0.3, -0.25) is 0 Å². The smallest absolute Gasteiger partial charge is 0.0361 e. The average Bonchev–Trinajstić information content (AvgIpc) is 3.65. The van der Waals surface area contributed by atoms with Gasteiger partial charge in [-0.25, -0.2) is 0 Å². The van der Waals surface area contributed by atoms with Gasteiger partial charge in [0.15, 0.2) is 0 Å². The maximum absolute atomic E-state index is 2.51. The highest BCUT2D eigenvalue weighted by Crippen LogP contribution is 2.53. The minimum Gasteiger partial charge on any atom is -0.135 e. The molecule has 2 aliphatic carbocycles. The molecule has 0 saturated carbocycles. The van der Waals surface area contributed by atoms with Crippen molar-refractivity contribution in [2.75, 3.05) is 0 Å². The number of allylic oxidation sites excluding steroid dienone is 8. The van der Waals surface area contributed by atoms with Gasteiger partial charge in [0.2, 0.25) is 0 Å². The summed E-state index contributed by atoms with van der Waals surface area (Å²) in [6, 6.07) is 45.9. The molecule has 0 spiro atoms. The fraction of sp³-hybridized carbons (Fsp3) is 0.137. The molecule has 1 aromatic heterocycles. The summed E-state index contributed by atoms with van der Waals surface area (Å²) >= 11 is 1.90. The molecule has 0 unspecified atom stereocenters. The molecule has 0 bridgehead atoms. The molecule has 0 atom stereocenters. The van der Waals surface area contributed by atoms with Crippen molar-refractivity contribution in [2.24, 2.45) is 0 Å². The Morgan fingerprint density at radius 1 is 0.635 bits per heavy atom. The Bertz CT molecular complexity index is 2840. The minimum absolute atomic E-state index is 0.0687. The normalized spacial score (nSPS) is 16.9. The van der Waals surface area contributed by atoms with Crippen molar-refractivity contribution in [3.05, 3.63) is 180 Å². The second kappa shape index (κ2) is 12.0. The lowest BCUT2D eigenvalue weighted by atomic mass is 9.81. The summed E-state index contributed by atoms with van der Waals surface area (Å²) in [6.45, 7) is 7.00. The van der Waals surface area contributed by atoms with E-state index in [-0.39, 0.29) is 5.41 Å². The molecule has 0 N–H and O–H groups in total. The van der Waals surface area contributed by atoms with Crippen LogP contribution in [-0.4, -0.2) is 0 Å². The molecular formula is C51H40S. The van der Waals surface area contributed by atoms with Crippen molar-refractivity contribution in [1.29, 1.82) is 0 Å².